The zero-order valence-corrected chi connectivity index (χ0v) is 8.82. The first-order chi connectivity index (χ1) is 6.05. The van der Waals surface area contributed by atoms with Crippen LogP contribution in [0.4, 0.5) is 0 Å². The van der Waals surface area contributed by atoms with Crippen LogP contribution in [0.2, 0.25) is 0 Å². The summed E-state index contributed by atoms with van der Waals surface area (Å²) in [6, 6.07) is 2.24. The molecule has 0 radical (unpaired) electrons. The number of nitrogens with zero attached hydrogens (tertiary/aromatic N) is 2. The Morgan fingerprint density at radius 3 is 2.54 bits per heavy atom. The molecule has 0 aliphatic carbocycles. The van der Waals surface area contributed by atoms with Gasteiger partial charge in [0.1, 0.15) is 0 Å². The summed E-state index contributed by atoms with van der Waals surface area (Å²) in [4.78, 5) is 0. The van der Waals surface area contributed by atoms with E-state index in [1.165, 1.54) is 0 Å². The summed E-state index contributed by atoms with van der Waals surface area (Å²) in [6.07, 6.45) is 3.78. The van der Waals surface area contributed by atoms with Crippen LogP contribution in [0, 0.1) is 5.41 Å². The molecule has 74 valence electrons. The van der Waals surface area contributed by atoms with Crippen LogP contribution in [-0.4, -0.2) is 23.5 Å². The summed E-state index contributed by atoms with van der Waals surface area (Å²) >= 11 is 0. The van der Waals surface area contributed by atoms with Crippen LogP contribution in [0.15, 0.2) is 18.5 Å². The van der Waals surface area contributed by atoms with Gasteiger partial charge in [-0.25, -0.2) is 0 Å². The minimum atomic E-state index is 0.169. The minimum absolute atomic E-state index is 0.169. The first-order valence-corrected chi connectivity index (χ1v) is 4.54. The largest absolute Gasteiger partial charge is 0.382 e. The van der Waals surface area contributed by atoms with Gasteiger partial charge in [0.15, 0.2) is 0 Å². The van der Waals surface area contributed by atoms with Crippen molar-refractivity contribution in [3.63, 3.8) is 0 Å². The van der Waals surface area contributed by atoms with E-state index in [9.17, 15) is 0 Å². The van der Waals surface area contributed by atoms with Crippen molar-refractivity contribution in [1.29, 1.82) is 0 Å². The topological polar surface area (TPSA) is 27.1 Å². The highest BCUT2D eigenvalue weighted by molar-refractivity contribution is 4.86. The molecule has 0 aliphatic rings. The summed E-state index contributed by atoms with van der Waals surface area (Å²) in [5.74, 6) is 0. The normalized spacial score (nSPS) is 14.5. The maximum Gasteiger partial charge on any atom is 0.0800 e. The highest BCUT2D eigenvalue weighted by atomic mass is 16.5. The fourth-order valence-electron chi connectivity index (χ4n) is 1.35. The molecule has 3 nitrogen and oxygen atoms in total. The maximum atomic E-state index is 5.19. The SMILES string of the molecule is COC[C@H](n1cccn1)C(C)(C)C. The van der Waals surface area contributed by atoms with Gasteiger partial charge in [0.2, 0.25) is 0 Å². The highest BCUT2D eigenvalue weighted by Gasteiger charge is 2.26. The monoisotopic (exact) mass is 182 g/mol. The van der Waals surface area contributed by atoms with Crippen molar-refractivity contribution in [2.45, 2.75) is 26.8 Å². The molecule has 0 aromatic carbocycles. The number of ether oxygens (including phenoxy) is 1. The quantitative estimate of drug-likeness (QED) is 0.716. The fourth-order valence-corrected chi connectivity index (χ4v) is 1.35. The van der Waals surface area contributed by atoms with Crippen LogP contribution < -0.4 is 0 Å². The smallest absolute Gasteiger partial charge is 0.0800 e. The van der Waals surface area contributed by atoms with Gasteiger partial charge in [-0.2, -0.15) is 5.10 Å². The molecule has 0 fully saturated rings. The number of rotatable bonds is 3. The summed E-state index contributed by atoms with van der Waals surface area (Å²) < 4.78 is 7.16. The average molecular weight is 182 g/mol. The summed E-state index contributed by atoms with van der Waals surface area (Å²) in [7, 11) is 1.72. The molecule has 0 unspecified atom stereocenters. The minimum Gasteiger partial charge on any atom is -0.382 e. The van der Waals surface area contributed by atoms with Crippen molar-refractivity contribution >= 4 is 0 Å². The molecule has 3 heteroatoms. The molecule has 1 atom stereocenters. The number of aromatic nitrogens is 2. The van der Waals surface area contributed by atoms with E-state index in [4.69, 9.17) is 4.74 Å². The van der Waals surface area contributed by atoms with Gasteiger partial charge in [0.05, 0.1) is 12.6 Å². The van der Waals surface area contributed by atoms with E-state index in [2.05, 4.69) is 25.9 Å². The first kappa shape index (κ1) is 10.3. The molecule has 0 N–H and O–H groups in total. The zero-order chi connectivity index (χ0) is 9.90. The molecule has 1 aromatic rings. The third-order valence-electron chi connectivity index (χ3n) is 2.17. The van der Waals surface area contributed by atoms with Crippen molar-refractivity contribution in [3.05, 3.63) is 18.5 Å². The van der Waals surface area contributed by atoms with Gasteiger partial charge < -0.3 is 4.74 Å². The second-order valence-corrected chi connectivity index (χ2v) is 4.32. The van der Waals surface area contributed by atoms with Gasteiger partial charge in [0.25, 0.3) is 0 Å². The van der Waals surface area contributed by atoms with Crippen LogP contribution in [0.3, 0.4) is 0 Å². The molecule has 13 heavy (non-hydrogen) atoms. The Hall–Kier alpha value is -0.830. The molecule has 1 aromatic heterocycles. The van der Waals surface area contributed by atoms with Crippen molar-refractivity contribution in [1.82, 2.24) is 9.78 Å². The summed E-state index contributed by atoms with van der Waals surface area (Å²) in [5.41, 5.74) is 0.169. The molecule has 1 heterocycles. The third-order valence-corrected chi connectivity index (χ3v) is 2.17. The molecule has 0 spiro atoms. The van der Waals surface area contributed by atoms with Crippen LogP contribution in [-0.2, 0) is 4.74 Å². The second kappa shape index (κ2) is 3.92. The van der Waals surface area contributed by atoms with Gasteiger partial charge in [-0.1, -0.05) is 20.8 Å². The van der Waals surface area contributed by atoms with E-state index >= 15 is 0 Å². The Balaban J connectivity index is 2.81. The predicted octanol–water partition coefficient (Wildman–Crippen LogP) is 2.12. The predicted molar refractivity (Wildman–Crippen MR) is 52.6 cm³/mol. The molecule has 1 rings (SSSR count). The fraction of sp³-hybridized carbons (Fsp3) is 0.700. The number of hydrogen-bond acceptors (Lipinski definition) is 2. The van der Waals surface area contributed by atoms with Gasteiger partial charge in [0, 0.05) is 19.5 Å². The van der Waals surface area contributed by atoms with Crippen LogP contribution in [0.25, 0.3) is 0 Å². The Morgan fingerprint density at radius 2 is 2.15 bits per heavy atom. The molecular formula is C10H18N2O. The van der Waals surface area contributed by atoms with Crippen LogP contribution >= 0.6 is 0 Å². The van der Waals surface area contributed by atoms with Crippen molar-refractivity contribution in [3.8, 4) is 0 Å². The van der Waals surface area contributed by atoms with Crippen molar-refractivity contribution in [2.75, 3.05) is 13.7 Å². The van der Waals surface area contributed by atoms with Crippen molar-refractivity contribution in [2.24, 2.45) is 5.41 Å². The van der Waals surface area contributed by atoms with Crippen molar-refractivity contribution < 1.29 is 4.74 Å². The average Bonchev–Trinajstić information content (AvgIpc) is 2.49. The lowest BCUT2D eigenvalue weighted by atomic mass is 9.87. The number of hydrogen-bond donors (Lipinski definition) is 0. The lowest BCUT2D eigenvalue weighted by molar-refractivity contribution is 0.0888. The van der Waals surface area contributed by atoms with E-state index in [-0.39, 0.29) is 5.41 Å². The number of methoxy groups -OCH3 is 1. The lowest BCUT2D eigenvalue weighted by Gasteiger charge is -2.30. The van der Waals surface area contributed by atoms with Crippen LogP contribution in [0.1, 0.15) is 26.8 Å². The first-order valence-electron chi connectivity index (χ1n) is 4.54. The van der Waals surface area contributed by atoms with E-state index in [1.807, 2.05) is 16.9 Å². The van der Waals surface area contributed by atoms with Gasteiger partial charge in [-0.3, -0.25) is 4.68 Å². The van der Waals surface area contributed by atoms with E-state index < -0.39 is 0 Å². The molecule has 0 bridgehead atoms. The standard InChI is InChI=1S/C10H18N2O/c1-10(2,3)9(8-13-4)12-7-5-6-11-12/h5-7,9H,8H2,1-4H3/t9-/m0/s1. The molecule has 0 amide bonds. The lowest BCUT2D eigenvalue weighted by Crippen LogP contribution is -2.28. The Labute approximate surface area is 79.7 Å². The molecule has 0 aliphatic heterocycles. The van der Waals surface area contributed by atoms with Crippen LogP contribution in [0.5, 0.6) is 0 Å². The Kier molecular flexibility index (Phi) is 3.09. The Bertz CT molecular complexity index is 236. The van der Waals surface area contributed by atoms with Gasteiger partial charge in [-0.15, -0.1) is 0 Å². The van der Waals surface area contributed by atoms with E-state index in [0.717, 1.165) is 0 Å². The zero-order valence-electron chi connectivity index (χ0n) is 8.82. The highest BCUT2D eigenvalue weighted by Crippen LogP contribution is 2.29. The summed E-state index contributed by atoms with van der Waals surface area (Å²) in [6.45, 7) is 7.28. The summed E-state index contributed by atoms with van der Waals surface area (Å²) in [5, 5.41) is 4.24. The third kappa shape index (κ3) is 2.56. The second-order valence-electron chi connectivity index (χ2n) is 4.32. The van der Waals surface area contributed by atoms with E-state index in [1.54, 1.807) is 13.3 Å². The molecular weight excluding hydrogens is 164 g/mol. The maximum absolute atomic E-state index is 5.19. The van der Waals surface area contributed by atoms with Gasteiger partial charge >= 0.3 is 0 Å². The molecule has 0 saturated carbocycles. The van der Waals surface area contributed by atoms with Gasteiger partial charge in [-0.05, 0) is 11.5 Å². The Morgan fingerprint density at radius 1 is 1.46 bits per heavy atom. The van der Waals surface area contributed by atoms with E-state index in [0.29, 0.717) is 12.6 Å². The molecule has 0 saturated heterocycles.